The topological polar surface area (TPSA) is 65.9 Å². The minimum absolute atomic E-state index is 0. The predicted octanol–water partition coefficient (Wildman–Crippen LogP) is 3.75. The molecule has 1 saturated heterocycles. The number of aliphatic imine (C=N–C) groups is 1. The zero-order valence-electron chi connectivity index (χ0n) is 16.2. The summed E-state index contributed by atoms with van der Waals surface area (Å²) in [4.78, 5) is 4.61. The highest BCUT2D eigenvalue weighted by Gasteiger charge is 2.58. The summed E-state index contributed by atoms with van der Waals surface area (Å²) >= 11 is 5.91. The van der Waals surface area contributed by atoms with Crippen molar-refractivity contribution in [3.8, 4) is 0 Å². The zero-order chi connectivity index (χ0) is 18.7. The molecule has 0 amide bonds. The molecule has 152 valence electrons. The third-order valence-electron chi connectivity index (χ3n) is 5.64. The molecule has 2 fully saturated rings. The highest BCUT2D eigenvalue weighted by atomic mass is 127. The molecule has 4 atom stereocenters. The van der Waals surface area contributed by atoms with Crippen LogP contribution in [-0.4, -0.2) is 42.9 Å². The number of nitrogens with one attached hydrogen (secondary N) is 2. The molecule has 1 aliphatic heterocycles. The Labute approximate surface area is 184 Å². The van der Waals surface area contributed by atoms with Crippen LogP contribution in [0, 0.1) is 11.3 Å². The number of fused-ring (bicyclic) bond motifs is 1. The van der Waals surface area contributed by atoms with E-state index in [1.165, 1.54) is 6.42 Å². The fraction of sp³-hybridized carbons (Fsp3) is 0.650. The average Bonchev–Trinajstić information content (AvgIpc) is 2.64. The van der Waals surface area contributed by atoms with Crippen LogP contribution in [0.2, 0.25) is 5.02 Å². The molecule has 0 spiro atoms. The van der Waals surface area contributed by atoms with Gasteiger partial charge in [-0.25, -0.2) is 0 Å². The monoisotopic (exact) mass is 507 g/mol. The fourth-order valence-corrected chi connectivity index (χ4v) is 4.38. The fourth-order valence-electron chi connectivity index (χ4n) is 4.25. The van der Waals surface area contributed by atoms with Crippen molar-refractivity contribution in [2.24, 2.45) is 16.3 Å². The molecule has 3 N–H and O–H groups in total. The Hall–Kier alpha value is -0.570. The minimum atomic E-state index is -0.650. The second-order valence-electron chi connectivity index (χ2n) is 7.83. The molecule has 7 heteroatoms. The number of aliphatic hydroxyl groups is 1. The molecule has 5 nitrogen and oxygen atoms in total. The lowest BCUT2D eigenvalue weighted by Crippen LogP contribution is -2.71. The second kappa shape index (κ2) is 9.76. The first-order chi connectivity index (χ1) is 12.4. The van der Waals surface area contributed by atoms with Gasteiger partial charge in [-0.15, -0.1) is 24.0 Å². The Balaban J connectivity index is 0.00000261. The van der Waals surface area contributed by atoms with Gasteiger partial charge in [0.05, 0.1) is 18.8 Å². The maximum Gasteiger partial charge on any atom is 0.191 e. The van der Waals surface area contributed by atoms with Crippen LogP contribution < -0.4 is 10.6 Å². The maximum atomic E-state index is 10.4. The van der Waals surface area contributed by atoms with Gasteiger partial charge in [0.1, 0.15) is 0 Å². The van der Waals surface area contributed by atoms with Crippen molar-refractivity contribution in [3.63, 3.8) is 0 Å². The first-order valence-corrected chi connectivity index (χ1v) is 9.91. The smallest absolute Gasteiger partial charge is 0.191 e. The van der Waals surface area contributed by atoms with Gasteiger partial charge in [0.2, 0.25) is 0 Å². The number of guanidine groups is 1. The first kappa shape index (κ1) is 22.7. The van der Waals surface area contributed by atoms with E-state index in [-0.39, 0.29) is 29.4 Å². The molecule has 2 aliphatic rings. The molecule has 1 aromatic carbocycles. The maximum absolute atomic E-state index is 10.4. The molecule has 4 unspecified atom stereocenters. The molecule has 0 aromatic heterocycles. The molecule has 1 heterocycles. The Kier molecular flexibility index (Phi) is 8.21. The van der Waals surface area contributed by atoms with Gasteiger partial charge in [-0.3, -0.25) is 4.99 Å². The van der Waals surface area contributed by atoms with Gasteiger partial charge in [0.25, 0.3) is 0 Å². The first-order valence-electron chi connectivity index (χ1n) is 9.53. The predicted molar refractivity (Wildman–Crippen MR) is 121 cm³/mol. The molecular formula is C20H31ClIN3O2. The quantitative estimate of drug-likeness (QED) is 0.323. The number of hydrogen-bond donors (Lipinski definition) is 3. The number of aliphatic hydroxyl groups excluding tert-OH is 1. The number of halogens is 2. The molecule has 1 aromatic rings. The molecule has 27 heavy (non-hydrogen) atoms. The van der Waals surface area contributed by atoms with E-state index in [2.05, 4.69) is 29.5 Å². The van der Waals surface area contributed by atoms with Crippen molar-refractivity contribution in [1.29, 1.82) is 0 Å². The van der Waals surface area contributed by atoms with Crippen molar-refractivity contribution >= 4 is 41.5 Å². The van der Waals surface area contributed by atoms with Crippen LogP contribution in [0.3, 0.4) is 0 Å². The Bertz CT molecular complexity index is 639. The van der Waals surface area contributed by atoms with E-state index >= 15 is 0 Å². The largest absolute Gasteiger partial charge is 0.386 e. The summed E-state index contributed by atoms with van der Waals surface area (Å²) in [6.07, 6.45) is 2.00. The van der Waals surface area contributed by atoms with Gasteiger partial charge in [0.15, 0.2) is 5.96 Å². The number of rotatable bonds is 5. The number of hydrogen-bond acceptors (Lipinski definition) is 3. The highest BCUT2D eigenvalue weighted by molar-refractivity contribution is 14.0. The van der Waals surface area contributed by atoms with Crippen LogP contribution in [0.1, 0.15) is 45.3 Å². The normalized spacial score (nSPS) is 27.6. The van der Waals surface area contributed by atoms with Gasteiger partial charge in [0, 0.05) is 35.5 Å². The molecule has 0 bridgehead atoms. The van der Waals surface area contributed by atoms with Gasteiger partial charge in [-0.05, 0) is 37.5 Å². The summed E-state index contributed by atoms with van der Waals surface area (Å²) in [7, 11) is 0. The summed E-state index contributed by atoms with van der Waals surface area (Å²) in [6, 6.07) is 7.57. The van der Waals surface area contributed by atoms with Crippen molar-refractivity contribution in [3.05, 3.63) is 34.9 Å². The molecule has 0 radical (unpaired) electrons. The van der Waals surface area contributed by atoms with E-state index in [1.807, 2.05) is 19.1 Å². The van der Waals surface area contributed by atoms with Crippen molar-refractivity contribution in [1.82, 2.24) is 10.6 Å². The molecule has 1 aliphatic carbocycles. The summed E-state index contributed by atoms with van der Waals surface area (Å²) in [5, 5.41) is 17.9. The van der Waals surface area contributed by atoms with E-state index in [0.29, 0.717) is 29.6 Å². The van der Waals surface area contributed by atoms with Crippen LogP contribution >= 0.6 is 35.6 Å². The van der Waals surface area contributed by atoms with E-state index in [0.717, 1.165) is 31.1 Å². The van der Waals surface area contributed by atoms with Gasteiger partial charge < -0.3 is 20.5 Å². The molecule has 3 rings (SSSR count). The van der Waals surface area contributed by atoms with Gasteiger partial charge in [-0.2, -0.15) is 0 Å². The Morgan fingerprint density at radius 2 is 2.07 bits per heavy atom. The van der Waals surface area contributed by atoms with Crippen LogP contribution in [0.5, 0.6) is 0 Å². The lowest BCUT2D eigenvalue weighted by molar-refractivity contribution is -0.188. The minimum Gasteiger partial charge on any atom is -0.386 e. The highest BCUT2D eigenvalue weighted by Crippen LogP contribution is 2.51. The van der Waals surface area contributed by atoms with Crippen molar-refractivity contribution in [2.45, 2.75) is 51.9 Å². The molecule has 1 saturated carbocycles. The lowest BCUT2D eigenvalue weighted by Gasteiger charge is -2.60. The SMILES string of the molecule is CCNC(=NCC(O)c1ccc(Cl)cc1)NC1C2CCCOC2C1(C)C.I. The van der Waals surface area contributed by atoms with E-state index < -0.39 is 6.10 Å². The van der Waals surface area contributed by atoms with E-state index in [9.17, 15) is 5.11 Å². The zero-order valence-corrected chi connectivity index (χ0v) is 19.3. The number of nitrogens with zero attached hydrogens (tertiary/aromatic N) is 1. The Morgan fingerprint density at radius 1 is 1.37 bits per heavy atom. The third-order valence-corrected chi connectivity index (χ3v) is 5.90. The standard InChI is InChI=1S/C20H30ClN3O2.HI/c1-4-22-19(23-12-16(25)13-7-9-14(21)10-8-13)24-17-15-6-5-11-26-18(15)20(17,2)3;/h7-10,15-18,25H,4-6,11-12H2,1-3H3,(H2,22,23,24);1H. The van der Waals surface area contributed by atoms with E-state index in [4.69, 9.17) is 16.3 Å². The van der Waals surface area contributed by atoms with E-state index in [1.54, 1.807) is 12.1 Å². The van der Waals surface area contributed by atoms with Crippen LogP contribution in [-0.2, 0) is 4.74 Å². The molecular weight excluding hydrogens is 477 g/mol. The third kappa shape index (κ3) is 5.08. The summed E-state index contributed by atoms with van der Waals surface area (Å²) in [6.45, 7) is 8.51. The second-order valence-corrected chi connectivity index (χ2v) is 8.26. The van der Waals surface area contributed by atoms with Crippen molar-refractivity contribution < 1.29 is 9.84 Å². The Morgan fingerprint density at radius 3 is 2.74 bits per heavy atom. The summed E-state index contributed by atoms with van der Waals surface area (Å²) in [5.74, 6) is 1.28. The van der Waals surface area contributed by atoms with Crippen LogP contribution in [0.4, 0.5) is 0 Å². The van der Waals surface area contributed by atoms with Gasteiger partial charge >= 0.3 is 0 Å². The van der Waals surface area contributed by atoms with Crippen molar-refractivity contribution in [2.75, 3.05) is 19.7 Å². The van der Waals surface area contributed by atoms with Gasteiger partial charge in [-0.1, -0.05) is 37.6 Å². The summed E-state index contributed by atoms with van der Waals surface area (Å²) < 4.78 is 5.98. The number of benzene rings is 1. The lowest BCUT2D eigenvalue weighted by atomic mass is 9.55. The van der Waals surface area contributed by atoms with Crippen LogP contribution in [0.25, 0.3) is 0 Å². The van der Waals surface area contributed by atoms with Crippen LogP contribution in [0.15, 0.2) is 29.3 Å². The summed E-state index contributed by atoms with van der Waals surface area (Å²) in [5.41, 5.74) is 0.898. The number of ether oxygens (including phenoxy) is 1. The average molecular weight is 508 g/mol.